The van der Waals surface area contributed by atoms with Crippen LogP contribution in [0.5, 0.6) is 11.5 Å². The molecule has 0 aromatic heterocycles. The van der Waals surface area contributed by atoms with E-state index in [0.717, 1.165) is 11.1 Å². The predicted octanol–water partition coefficient (Wildman–Crippen LogP) is 3.43. The standard InChI is InChI=1S/C24H22N2O5/c1-29-19-13-14-20(24(28)30-2)21(15-19)31-16-22(27)25-26-23(17-9-5-3-6-10-17)18-11-7-4-8-12-18/h3-15H,16H2,1-2H3,(H,25,27). The van der Waals surface area contributed by atoms with Crippen LogP contribution in [0.15, 0.2) is 84.0 Å². The average Bonchev–Trinajstić information content (AvgIpc) is 2.83. The fraction of sp³-hybridized carbons (Fsp3) is 0.125. The minimum absolute atomic E-state index is 0.177. The third kappa shape index (κ3) is 5.70. The third-order valence-electron chi connectivity index (χ3n) is 4.34. The lowest BCUT2D eigenvalue weighted by Gasteiger charge is -2.12. The average molecular weight is 418 g/mol. The van der Waals surface area contributed by atoms with E-state index in [9.17, 15) is 9.59 Å². The van der Waals surface area contributed by atoms with Gasteiger partial charge in [0.25, 0.3) is 5.91 Å². The smallest absolute Gasteiger partial charge is 0.341 e. The molecule has 0 radical (unpaired) electrons. The van der Waals surface area contributed by atoms with Crippen molar-refractivity contribution in [3.8, 4) is 11.5 Å². The number of amides is 1. The highest BCUT2D eigenvalue weighted by atomic mass is 16.5. The Labute approximate surface area is 180 Å². The van der Waals surface area contributed by atoms with Crippen LogP contribution in [0.2, 0.25) is 0 Å². The summed E-state index contributed by atoms with van der Waals surface area (Å²) in [5, 5.41) is 4.30. The first-order valence-electron chi connectivity index (χ1n) is 9.49. The van der Waals surface area contributed by atoms with Crippen LogP contribution in [-0.4, -0.2) is 38.4 Å². The van der Waals surface area contributed by atoms with Crippen LogP contribution in [0.4, 0.5) is 0 Å². The third-order valence-corrected chi connectivity index (χ3v) is 4.34. The van der Waals surface area contributed by atoms with Crippen LogP contribution >= 0.6 is 0 Å². The molecule has 0 spiro atoms. The summed E-state index contributed by atoms with van der Waals surface area (Å²) in [7, 11) is 2.76. The molecule has 0 bridgehead atoms. The second kappa shape index (κ2) is 10.6. The van der Waals surface area contributed by atoms with E-state index < -0.39 is 11.9 Å². The molecule has 158 valence electrons. The first-order valence-corrected chi connectivity index (χ1v) is 9.49. The summed E-state index contributed by atoms with van der Waals surface area (Å²) in [5.74, 6) is -0.400. The molecule has 0 atom stereocenters. The van der Waals surface area contributed by atoms with E-state index in [4.69, 9.17) is 14.2 Å². The van der Waals surface area contributed by atoms with Crippen LogP contribution in [0, 0.1) is 0 Å². The minimum atomic E-state index is -0.577. The van der Waals surface area contributed by atoms with Gasteiger partial charge >= 0.3 is 5.97 Å². The molecule has 3 rings (SSSR count). The van der Waals surface area contributed by atoms with Gasteiger partial charge in [-0.2, -0.15) is 5.10 Å². The number of hydrogen-bond acceptors (Lipinski definition) is 6. The molecule has 3 aromatic rings. The Kier molecular flexibility index (Phi) is 7.37. The number of carbonyl (C=O) groups is 2. The largest absolute Gasteiger partial charge is 0.497 e. The van der Waals surface area contributed by atoms with Crippen molar-refractivity contribution in [3.63, 3.8) is 0 Å². The molecule has 7 heteroatoms. The molecule has 0 heterocycles. The minimum Gasteiger partial charge on any atom is -0.497 e. The van der Waals surface area contributed by atoms with Gasteiger partial charge in [0.2, 0.25) is 0 Å². The van der Waals surface area contributed by atoms with Gasteiger partial charge in [0.05, 0.1) is 19.9 Å². The van der Waals surface area contributed by atoms with E-state index in [1.54, 1.807) is 6.07 Å². The zero-order valence-electron chi connectivity index (χ0n) is 17.2. The molecule has 1 amide bonds. The number of ether oxygens (including phenoxy) is 3. The zero-order chi connectivity index (χ0) is 22.1. The summed E-state index contributed by atoms with van der Waals surface area (Å²) in [4.78, 5) is 24.3. The molecule has 0 aliphatic carbocycles. The Hall–Kier alpha value is -4.13. The summed E-state index contributed by atoms with van der Waals surface area (Å²) in [6.45, 7) is -0.350. The molecule has 31 heavy (non-hydrogen) atoms. The van der Waals surface area contributed by atoms with Gasteiger partial charge in [-0.15, -0.1) is 0 Å². The lowest BCUT2D eigenvalue weighted by Crippen LogP contribution is -2.26. The summed E-state index contributed by atoms with van der Waals surface area (Å²) in [6, 6.07) is 23.7. The quantitative estimate of drug-likeness (QED) is 0.344. The summed E-state index contributed by atoms with van der Waals surface area (Å²) in [6.07, 6.45) is 0. The molecule has 0 aliphatic rings. The van der Waals surface area contributed by atoms with Crippen LogP contribution in [-0.2, 0) is 9.53 Å². The van der Waals surface area contributed by atoms with Crippen molar-refractivity contribution in [2.75, 3.05) is 20.8 Å². The second-order valence-corrected chi connectivity index (χ2v) is 6.37. The van der Waals surface area contributed by atoms with Gasteiger partial charge in [-0.05, 0) is 12.1 Å². The molecule has 0 saturated carbocycles. The first kappa shape index (κ1) is 21.6. The van der Waals surface area contributed by atoms with Gasteiger partial charge in [-0.1, -0.05) is 60.7 Å². The summed E-state index contributed by atoms with van der Waals surface area (Å²) < 4.78 is 15.5. The number of hydrogen-bond donors (Lipinski definition) is 1. The van der Waals surface area contributed by atoms with Crippen LogP contribution in [0.3, 0.4) is 0 Å². The molecular formula is C24H22N2O5. The van der Waals surface area contributed by atoms with Gasteiger partial charge in [-0.25, -0.2) is 10.2 Å². The van der Waals surface area contributed by atoms with Crippen molar-refractivity contribution in [3.05, 3.63) is 95.6 Å². The number of nitrogens with zero attached hydrogens (tertiary/aromatic N) is 1. The number of methoxy groups -OCH3 is 2. The maximum Gasteiger partial charge on any atom is 0.341 e. The topological polar surface area (TPSA) is 86.2 Å². The fourth-order valence-electron chi connectivity index (χ4n) is 2.81. The van der Waals surface area contributed by atoms with Gasteiger partial charge in [0.15, 0.2) is 6.61 Å². The Balaban J connectivity index is 1.75. The van der Waals surface area contributed by atoms with Crippen LogP contribution < -0.4 is 14.9 Å². The van der Waals surface area contributed by atoms with E-state index in [0.29, 0.717) is 11.5 Å². The fourth-order valence-corrected chi connectivity index (χ4v) is 2.81. The molecule has 0 unspecified atom stereocenters. The molecule has 1 N–H and O–H groups in total. The summed E-state index contributed by atoms with van der Waals surface area (Å²) in [5.41, 5.74) is 5.04. The Bertz CT molecular complexity index is 1020. The molecule has 3 aromatic carbocycles. The van der Waals surface area contributed by atoms with E-state index in [-0.39, 0.29) is 17.9 Å². The lowest BCUT2D eigenvalue weighted by molar-refractivity contribution is -0.123. The van der Waals surface area contributed by atoms with E-state index in [1.165, 1.54) is 26.4 Å². The second-order valence-electron chi connectivity index (χ2n) is 6.37. The Morgan fingerprint density at radius 1 is 0.871 bits per heavy atom. The highest BCUT2D eigenvalue weighted by Gasteiger charge is 2.16. The molecule has 0 saturated heterocycles. The first-order chi connectivity index (χ1) is 15.1. The Morgan fingerprint density at radius 3 is 2.03 bits per heavy atom. The van der Waals surface area contributed by atoms with Crippen LogP contribution in [0.1, 0.15) is 21.5 Å². The maximum atomic E-state index is 12.4. The Morgan fingerprint density at radius 2 is 1.48 bits per heavy atom. The monoisotopic (exact) mass is 418 g/mol. The summed E-state index contributed by atoms with van der Waals surface area (Å²) >= 11 is 0. The lowest BCUT2D eigenvalue weighted by atomic mass is 10.0. The normalized spacial score (nSPS) is 10.0. The van der Waals surface area contributed by atoms with Crippen molar-refractivity contribution in [2.45, 2.75) is 0 Å². The molecular weight excluding hydrogens is 396 g/mol. The van der Waals surface area contributed by atoms with Crippen molar-refractivity contribution >= 4 is 17.6 Å². The van der Waals surface area contributed by atoms with E-state index >= 15 is 0 Å². The predicted molar refractivity (Wildman–Crippen MR) is 116 cm³/mol. The van der Waals surface area contributed by atoms with Gasteiger partial charge in [0.1, 0.15) is 17.1 Å². The zero-order valence-corrected chi connectivity index (χ0v) is 17.2. The highest BCUT2D eigenvalue weighted by molar-refractivity contribution is 6.13. The number of esters is 1. The number of hydrazone groups is 1. The van der Waals surface area contributed by atoms with Crippen molar-refractivity contribution in [2.24, 2.45) is 5.10 Å². The number of benzene rings is 3. The van der Waals surface area contributed by atoms with Gasteiger partial charge in [0, 0.05) is 17.2 Å². The van der Waals surface area contributed by atoms with E-state index in [2.05, 4.69) is 10.5 Å². The number of rotatable bonds is 8. The van der Waals surface area contributed by atoms with Crippen LogP contribution in [0.25, 0.3) is 0 Å². The van der Waals surface area contributed by atoms with Gasteiger partial charge in [-0.3, -0.25) is 4.79 Å². The SMILES string of the molecule is COC(=O)c1ccc(OC)cc1OCC(=O)NN=C(c1ccccc1)c1ccccc1. The van der Waals surface area contributed by atoms with Gasteiger partial charge < -0.3 is 14.2 Å². The van der Waals surface area contributed by atoms with Crippen molar-refractivity contribution in [1.82, 2.24) is 5.43 Å². The van der Waals surface area contributed by atoms with E-state index in [1.807, 2.05) is 60.7 Å². The number of carbonyl (C=O) groups excluding carboxylic acids is 2. The molecule has 0 aliphatic heterocycles. The maximum absolute atomic E-state index is 12.4. The molecule has 0 fully saturated rings. The van der Waals surface area contributed by atoms with Crippen molar-refractivity contribution in [1.29, 1.82) is 0 Å². The number of nitrogens with one attached hydrogen (secondary N) is 1. The molecule has 7 nitrogen and oxygen atoms in total. The highest BCUT2D eigenvalue weighted by Crippen LogP contribution is 2.25. The van der Waals surface area contributed by atoms with Crippen molar-refractivity contribution < 1.29 is 23.8 Å².